The molecular formula is C13H20N2O3. The number of carbonyl (C=O) groups is 1. The predicted octanol–water partition coefficient (Wildman–Crippen LogP) is 1.23. The van der Waals surface area contributed by atoms with Crippen LogP contribution in [0.1, 0.15) is 24.9 Å². The van der Waals surface area contributed by atoms with Crippen LogP contribution in [0.2, 0.25) is 0 Å². The lowest BCUT2D eigenvalue weighted by atomic mass is 10.1. The minimum absolute atomic E-state index is 0.0553. The average Bonchev–Trinajstić information content (AvgIpc) is 2.37. The van der Waals surface area contributed by atoms with Crippen molar-refractivity contribution in [3.63, 3.8) is 0 Å². The highest BCUT2D eigenvalue weighted by Gasteiger charge is 2.10. The van der Waals surface area contributed by atoms with E-state index in [1.807, 2.05) is 19.1 Å². The third kappa shape index (κ3) is 3.92. The molecule has 1 atom stereocenters. The van der Waals surface area contributed by atoms with Crippen molar-refractivity contribution in [3.05, 3.63) is 23.8 Å². The van der Waals surface area contributed by atoms with Crippen molar-refractivity contribution in [2.45, 2.75) is 19.4 Å². The summed E-state index contributed by atoms with van der Waals surface area (Å²) in [7, 11) is 3.19. The van der Waals surface area contributed by atoms with Gasteiger partial charge in [-0.05, 0) is 13.0 Å². The smallest absolute Gasteiger partial charge is 0.223 e. The average molecular weight is 252 g/mol. The summed E-state index contributed by atoms with van der Waals surface area (Å²) in [6, 6.07) is 5.36. The molecule has 0 aliphatic rings. The number of amides is 1. The van der Waals surface area contributed by atoms with E-state index in [1.54, 1.807) is 20.2 Å². The molecule has 3 N–H and O–H groups in total. The summed E-state index contributed by atoms with van der Waals surface area (Å²) in [4.78, 5) is 11.1. The number of methoxy groups -OCH3 is 1. The Morgan fingerprint density at radius 2 is 2.22 bits per heavy atom. The van der Waals surface area contributed by atoms with E-state index in [-0.39, 0.29) is 11.9 Å². The molecule has 0 unspecified atom stereocenters. The first-order valence-corrected chi connectivity index (χ1v) is 5.85. The summed E-state index contributed by atoms with van der Waals surface area (Å²) < 4.78 is 10.7. The summed E-state index contributed by atoms with van der Waals surface area (Å²) in [5.41, 5.74) is 6.76. The van der Waals surface area contributed by atoms with Gasteiger partial charge in [0, 0.05) is 24.7 Å². The predicted molar refractivity (Wildman–Crippen MR) is 69.8 cm³/mol. The molecule has 0 aliphatic carbocycles. The van der Waals surface area contributed by atoms with Crippen molar-refractivity contribution in [2.75, 3.05) is 20.8 Å². The molecule has 18 heavy (non-hydrogen) atoms. The number of nitrogens with two attached hydrogens (primary N) is 1. The highest BCUT2D eigenvalue weighted by Crippen LogP contribution is 2.28. The number of ether oxygens (including phenoxy) is 2. The highest BCUT2D eigenvalue weighted by molar-refractivity contribution is 5.75. The van der Waals surface area contributed by atoms with Gasteiger partial charge in [-0.2, -0.15) is 0 Å². The first kappa shape index (κ1) is 14.3. The van der Waals surface area contributed by atoms with E-state index >= 15 is 0 Å². The van der Waals surface area contributed by atoms with E-state index < -0.39 is 0 Å². The summed E-state index contributed by atoms with van der Waals surface area (Å²) in [5.74, 6) is 1.31. The molecule has 0 saturated heterocycles. The van der Waals surface area contributed by atoms with Gasteiger partial charge in [-0.15, -0.1) is 0 Å². The number of nitrogens with one attached hydrogen (secondary N) is 1. The van der Waals surface area contributed by atoms with Crippen LogP contribution in [0.5, 0.6) is 11.5 Å². The SMILES string of the molecule is CNC(=O)CCOc1cc(OC)ccc1[C@H](C)N. The number of hydrogen-bond acceptors (Lipinski definition) is 4. The van der Waals surface area contributed by atoms with Crippen molar-refractivity contribution >= 4 is 5.91 Å². The fourth-order valence-corrected chi connectivity index (χ4v) is 1.52. The normalized spacial score (nSPS) is 11.8. The Hall–Kier alpha value is -1.75. The van der Waals surface area contributed by atoms with E-state index in [2.05, 4.69) is 5.32 Å². The molecule has 1 aromatic carbocycles. The second-order valence-electron chi connectivity index (χ2n) is 3.96. The third-order valence-electron chi connectivity index (χ3n) is 2.58. The topological polar surface area (TPSA) is 73.6 Å². The lowest BCUT2D eigenvalue weighted by Gasteiger charge is -2.15. The molecule has 0 radical (unpaired) electrons. The van der Waals surface area contributed by atoms with Gasteiger partial charge in [0.05, 0.1) is 20.1 Å². The summed E-state index contributed by atoms with van der Waals surface area (Å²) in [5, 5.41) is 2.54. The van der Waals surface area contributed by atoms with Gasteiger partial charge in [-0.3, -0.25) is 4.79 Å². The van der Waals surface area contributed by atoms with Gasteiger partial charge in [-0.1, -0.05) is 6.07 Å². The number of rotatable bonds is 6. The summed E-state index contributed by atoms with van der Waals surface area (Å²) in [6.07, 6.45) is 0.312. The quantitative estimate of drug-likeness (QED) is 0.798. The van der Waals surface area contributed by atoms with Crippen LogP contribution >= 0.6 is 0 Å². The maximum Gasteiger partial charge on any atom is 0.223 e. The van der Waals surface area contributed by atoms with Crippen LogP contribution in [0, 0.1) is 0 Å². The van der Waals surface area contributed by atoms with Gasteiger partial charge >= 0.3 is 0 Å². The molecule has 0 bridgehead atoms. The van der Waals surface area contributed by atoms with E-state index in [1.165, 1.54) is 0 Å². The zero-order valence-electron chi connectivity index (χ0n) is 11.0. The second-order valence-corrected chi connectivity index (χ2v) is 3.96. The molecule has 0 saturated carbocycles. The molecule has 1 amide bonds. The Labute approximate surface area is 107 Å². The second kappa shape index (κ2) is 6.86. The standard InChI is InChI=1S/C13H20N2O3/c1-9(14)11-5-4-10(17-3)8-12(11)18-7-6-13(16)15-2/h4-5,8-9H,6-7,14H2,1-3H3,(H,15,16)/t9-/m0/s1. The Balaban J connectivity index is 2.74. The van der Waals surface area contributed by atoms with Gasteiger partial charge in [0.15, 0.2) is 0 Å². The van der Waals surface area contributed by atoms with E-state index in [4.69, 9.17) is 15.2 Å². The Morgan fingerprint density at radius 1 is 1.50 bits per heavy atom. The van der Waals surface area contributed by atoms with Crippen LogP contribution in [-0.4, -0.2) is 26.7 Å². The summed E-state index contributed by atoms with van der Waals surface area (Å²) >= 11 is 0. The molecular weight excluding hydrogens is 232 g/mol. The van der Waals surface area contributed by atoms with Crippen LogP contribution in [0.15, 0.2) is 18.2 Å². The van der Waals surface area contributed by atoms with Crippen LogP contribution in [-0.2, 0) is 4.79 Å². The maximum atomic E-state index is 11.1. The molecule has 0 aliphatic heterocycles. The van der Waals surface area contributed by atoms with Crippen molar-refractivity contribution in [1.29, 1.82) is 0 Å². The zero-order chi connectivity index (χ0) is 13.5. The minimum Gasteiger partial charge on any atom is -0.497 e. The molecule has 0 aromatic heterocycles. The Bertz CT molecular complexity index is 405. The van der Waals surface area contributed by atoms with Gasteiger partial charge in [0.25, 0.3) is 0 Å². The molecule has 5 nitrogen and oxygen atoms in total. The Morgan fingerprint density at radius 3 is 2.78 bits per heavy atom. The van der Waals surface area contributed by atoms with E-state index in [0.717, 1.165) is 5.56 Å². The minimum atomic E-state index is -0.133. The number of hydrogen-bond donors (Lipinski definition) is 2. The molecule has 0 fully saturated rings. The van der Waals surface area contributed by atoms with Crippen LogP contribution in [0.25, 0.3) is 0 Å². The van der Waals surface area contributed by atoms with Crippen LogP contribution in [0.4, 0.5) is 0 Å². The molecule has 1 aromatic rings. The lowest BCUT2D eigenvalue weighted by Crippen LogP contribution is -2.20. The fourth-order valence-electron chi connectivity index (χ4n) is 1.52. The van der Waals surface area contributed by atoms with E-state index in [9.17, 15) is 4.79 Å². The van der Waals surface area contributed by atoms with Crippen molar-refractivity contribution < 1.29 is 14.3 Å². The lowest BCUT2D eigenvalue weighted by molar-refractivity contribution is -0.121. The molecule has 1 rings (SSSR count). The van der Waals surface area contributed by atoms with Gasteiger partial charge in [0.1, 0.15) is 11.5 Å². The fraction of sp³-hybridized carbons (Fsp3) is 0.462. The van der Waals surface area contributed by atoms with E-state index in [0.29, 0.717) is 24.5 Å². The summed E-state index contributed by atoms with van der Waals surface area (Å²) in [6.45, 7) is 2.19. The Kier molecular flexibility index (Phi) is 5.45. The van der Waals surface area contributed by atoms with Crippen LogP contribution in [0.3, 0.4) is 0 Å². The first-order valence-electron chi connectivity index (χ1n) is 5.85. The van der Waals surface area contributed by atoms with Crippen molar-refractivity contribution in [3.8, 4) is 11.5 Å². The largest absolute Gasteiger partial charge is 0.497 e. The van der Waals surface area contributed by atoms with Crippen LogP contribution < -0.4 is 20.5 Å². The first-order chi connectivity index (χ1) is 8.58. The highest BCUT2D eigenvalue weighted by atomic mass is 16.5. The number of carbonyl (C=O) groups excluding carboxylic acids is 1. The number of benzene rings is 1. The van der Waals surface area contributed by atoms with Gasteiger partial charge in [-0.25, -0.2) is 0 Å². The van der Waals surface area contributed by atoms with Crippen molar-refractivity contribution in [2.24, 2.45) is 5.73 Å². The molecule has 0 spiro atoms. The molecule has 5 heteroatoms. The molecule has 100 valence electrons. The monoisotopic (exact) mass is 252 g/mol. The maximum absolute atomic E-state index is 11.1. The zero-order valence-corrected chi connectivity index (χ0v) is 11.0. The van der Waals surface area contributed by atoms with Gasteiger partial charge in [0.2, 0.25) is 5.91 Å². The van der Waals surface area contributed by atoms with Gasteiger partial charge < -0.3 is 20.5 Å². The van der Waals surface area contributed by atoms with Crippen molar-refractivity contribution in [1.82, 2.24) is 5.32 Å². The molecule has 0 heterocycles. The third-order valence-corrected chi connectivity index (χ3v) is 2.58.